The minimum atomic E-state index is -5.69. The summed E-state index contributed by atoms with van der Waals surface area (Å²) in [7, 11) is -16.7. The third kappa shape index (κ3) is 6.94. The highest BCUT2D eigenvalue weighted by molar-refractivity contribution is 7.81. The fourth-order valence-electron chi connectivity index (χ4n) is 2.20. The van der Waals surface area contributed by atoms with Crippen molar-refractivity contribution in [3.05, 3.63) is 33.1 Å². The molecule has 0 saturated carbocycles. The van der Waals surface area contributed by atoms with Gasteiger partial charge in [-0.1, -0.05) is 0 Å². The van der Waals surface area contributed by atoms with Gasteiger partial charge in [-0.2, -0.15) is 21.3 Å². The SMILES string of the molecule is O=c1ccn([C@@H]2O[C@H](COP(=O)(O)OP(=O)(O)OP(=O)(O)O)[C@@H](O)[C@H]2S)c(=O)[nH]1. The zero-order chi connectivity index (χ0) is 22.2. The molecule has 2 heterocycles. The van der Waals surface area contributed by atoms with Gasteiger partial charge in [-0.15, -0.1) is 0 Å². The molecule has 0 spiro atoms. The van der Waals surface area contributed by atoms with E-state index in [1.807, 2.05) is 4.98 Å². The van der Waals surface area contributed by atoms with Crippen LogP contribution in [0.15, 0.2) is 21.9 Å². The van der Waals surface area contributed by atoms with Crippen LogP contribution in [-0.4, -0.2) is 58.3 Å². The Bertz CT molecular complexity index is 1000. The van der Waals surface area contributed by atoms with Gasteiger partial charge in [-0.3, -0.25) is 18.9 Å². The highest BCUT2D eigenvalue weighted by Crippen LogP contribution is 2.66. The quantitative estimate of drug-likeness (QED) is 0.158. The molecule has 0 amide bonds. The summed E-state index contributed by atoms with van der Waals surface area (Å²) in [6, 6.07) is 0.997. The molecule has 166 valence electrons. The van der Waals surface area contributed by atoms with Crippen molar-refractivity contribution in [2.24, 2.45) is 0 Å². The maximum atomic E-state index is 11.8. The summed E-state index contributed by atoms with van der Waals surface area (Å²) >= 11 is 4.07. The Balaban J connectivity index is 2.06. The number of nitrogens with zero attached hydrogens (tertiary/aromatic N) is 1. The summed E-state index contributed by atoms with van der Waals surface area (Å²) < 4.78 is 51.2. The van der Waals surface area contributed by atoms with Crippen molar-refractivity contribution in [3.63, 3.8) is 0 Å². The number of phosphoric ester groups is 1. The summed E-state index contributed by atoms with van der Waals surface area (Å²) in [5, 5.41) is 9.04. The van der Waals surface area contributed by atoms with Crippen molar-refractivity contribution < 1.29 is 56.3 Å². The summed E-state index contributed by atoms with van der Waals surface area (Å²) in [4.78, 5) is 60.2. The van der Waals surface area contributed by atoms with E-state index in [4.69, 9.17) is 19.4 Å². The van der Waals surface area contributed by atoms with Gasteiger partial charge in [0, 0.05) is 12.3 Å². The van der Waals surface area contributed by atoms with Gasteiger partial charge in [0.05, 0.1) is 18.0 Å². The lowest BCUT2D eigenvalue weighted by atomic mass is 10.2. The molecule has 0 radical (unpaired) electrons. The monoisotopic (exact) mass is 500 g/mol. The van der Waals surface area contributed by atoms with E-state index in [-0.39, 0.29) is 0 Å². The van der Waals surface area contributed by atoms with Crippen molar-refractivity contribution in [1.82, 2.24) is 9.55 Å². The first-order valence-electron chi connectivity index (χ1n) is 7.22. The second kappa shape index (κ2) is 8.85. The average Bonchev–Trinajstić information content (AvgIpc) is 2.78. The number of ether oxygens (including phenoxy) is 1. The number of aliphatic hydroxyl groups is 1. The third-order valence-corrected chi connectivity index (χ3v) is 7.64. The molecule has 1 aromatic heterocycles. The molecule has 1 fully saturated rings. The predicted octanol–water partition coefficient (Wildman–Crippen LogP) is -1.56. The molecule has 1 aromatic rings. The fourth-order valence-corrected chi connectivity index (χ4v) is 5.63. The first kappa shape index (κ1) is 24.6. The molecule has 29 heavy (non-hydrogen) atoms. The van der Waals surface area contributed by atoms with E-state index in [0.717, 1.165) is 16.8 Å². The van der Waals surface area contributed by atoms with Crippen LogP contribution >= 0.6 is 36.1 Å². The Kier molecular flexibility index (Phi) is 7.51. The lowest BCUT2D eigenvalue weighted by molar-refractivity contribution is -0.0447. The predicted molar refractivity (Wildman–Crippen MR) is 93.8 cm³/mol. The number of phosphoric acid groups is 3. The van der Waals surface area contributed by atoms with Gasteiger partial charge in [-0.25, -0.2) is 18.5 Å². The van der Waals surface area contributed by atoms with Crippen LogP contribution in [0.2, 0.25) is 0 Å². The molecule has 6 atom stereocenters. The van der Waals surface area contributed by atoms with E-state index in [1.165, 1.54) is 0 Å². The Hall–Kier alpha value is -0.640. The van der Waals surface area contributed by atoms with E-state index in [2.05, 4.69) is 25.8 Å². The largest absolute Gasteiger partial charge is 0.490 e. The fraction of sp³-hybridized carbons (Fsp3) is 0.556. The number of aromatic nitrogens is 2. The van der Waals surface area contributed by atoms with Gasteiger partial charge in [0.15, 0.2) is 6.23 Å². The molecule has 16 nitrogen and oxygen atoms in total. The number of rotatable bonds is 8. The molecule has 1 aliphatic heterocycles. The van der Waals surface area contributed by atoms with E-state index in [1.54, 1.807) is 0 Å². The lowest BCUT2D eigenvalue weighted by Gasteiger charge is -2.19. The molecule has 0 aromatic carbocycles. The van der Waals surface area contributed by atoms with Crippen molar-refractivity contribution in [1.29, 1.82) is 0 Å². The zero-order valence-electron chi connectivity index (χ0n) is 13.8. The number of nitrogens with one attached hydrogen (secondary N) is 1. The number of thiol groups is 1. The molecule has 1 aliphatic rings. The smallest absolute Gasteiger partial charge is 0.389 e. The van der Waals surface area contributed by atoms with E-state index < -0.39 is 65.0 Å². The maximum Gasteiger partial charge on any atom is 0.490 e. The van der Waals surface area contributed by atoms with Crippen LogP contribution in [0.1, 0.15) is 6.23 Å². The first-order valence-corrected chi connectivity index (χ1v) is 12.3. The standard InChI is InChI=1S/C9H15N2O14P3S/c12-5-1-2-11(9(14)10-5)8-7(29)6(13)4(23-8)3-22-27(18,19)25-28(20,21)24-26(15,16)17/h1-2,4,6-8,13,29H,3H2,(H,18,19)(H,20,21)(H,10,12,14)(H2,15,16,17)/t4-,6-,7-,8-/m1/s1. The number of aromatic amines is 1. The van der Waals surface area contributed by atoms with Crippen molar-refractivity contribution >= 4 is 36.1 Å². The highest BCUT2D eigenvalue weighted by Gasteiger charge is 2.46. The highest BCUT2D eigenvalue weighted by atomic mass is 32.1. The molecule has 20 heteroatoms. The van der Waals surface area contributed by atoms with Crippen LogP contribution < -0.4 is 11.2 Å². The van der Waals surface area contributed by atoms with Gasteiger partial charge >= 0.3 is 29.2 Å². The number of aliphatic hydroxyl groups excluding tert-OH is 1. The third-order valence-electron chi connectivity index (χ3n) is 3.28. The van der Waals surface area contributed by atoms with Crippen molar-refractivity contribution in [2.75, 3.05) is 6.61 Å². The summed E-state index contributed by atoms with van der Waals surface area (Å²) in [5.74, 6) is 0. The Morgan fingerprint density at radius 1 is 1.14 bits per heavy atom. The van der Waals surface area contributed by atoms with Gasteiger partial charge in [0.25, 0.3) is 5.56 Å². The van der Waals surface area contributed by atoms with Gasteiger partial charge in [0.2, 0.25) is 0 Å². The van der Waals surface area contributed by atoms with Crippen molar-refractivity contribution in [3.8, 4) is 0 Å². The lowest BCUT2D eigenvalue weighted by Crippen LogP contribution is -2.35. The van der Waals surface area contributed by atoms with Crippen LogP contribution in [0.3, 0.4) is 0 Å². The van der Waals surface area contributed by atoms with Crippen LogP contribution in [-0.2, 0) is 31.6 Å². The molecule has 1 saturated heterocycles. The van der Waals surface area contributed by atoms with Crippen LogP contribution in [0.5, 0.6) is 0 Å². The normalized spacial score (nSPS) is 29.3. The minimum absolute atomic E-state index is 0.690. The molecule has 0 aliphatic carbocycles. The van der Waals surface area contributed by atoms with Gasteiger partial charge < -0.3 is 29.4 Å². The second-order valence-corrected chi connectivity index (χ2v) is 10.5. The Labute approximate surface area is 165 Å². The van der Waals surface area contributed by atoms with Crippen molar-refractivity contribution in [2.45, 2.75) is 23.7 Å². The van der Waals surface area contributed by atoms with Gasteiger partial charge in [-0.05, 0) is 0 Å². The number of H-pyrrole nitrogens is 1. The molecular formula is C9H15N2O14P3S. The van der Waals surface area contributed by atoms with Crippen LogP contribution in [0.25, 0.3) is 0 Å². The Morgan fingerprint density at radius 2 is 1.76 bits per heavy atom. The first-order chi connectivity index (χ1) is 13.1. The second-order valence-electron chi connectivity index (χ2n) is 5.45. The topological polar surface area (TPSA) is 244 Å². The molecular weight excluding hydrogens is 485 g/mol. The molecule has 2 rings (SSSR count). The van der Waals surface area contributed by atoms with Crippen LogP contribution in [0.4, 0.5) is 0 Å². The molecule has 0 bridgehead atoms. The number of hydrogen-bond acceptors (Lipinski definition) is 11. The maximum absolute atomic E-state index is 11.8. The van der Waals surface area contributed by atoms with E-state index in [9.17, 15) is 33.3 Å². The Morgan fingerprint density at radius 3 is 2.31 bits per heavy atom. The van der Waals surface area contributed by atoms with E-state index >= 15 is 0 Å². The van der Waals surface area contributed by atoms with E-state index in [0.29, 0.717) is 0 Å². The van der Waals surface area contributed by atoms with Gasteiger partial charge in [0.1, 0.15) is 6.10 Å². The summed E-state index contributed by atoms with van der Waals surface area (Å²) in [6.07, 6.45) is -3.04. The number of hydrogen-bond donors (Lipinski definition) is 7. The average molecular weight is 500 g/mol. The van der Waals surface area contributed by atoms with Crippen LogP contribution in [0, 0.1) is 0 Å². The molecule has 2 unspecified atom stereocenters. The summed E-state index contributed by atoms with van der Waals surface area (Å²) in [6.45, 7) is -0.934. The zero-order valence-corrected chi connectivity index (χ0v) is 17.4. The summed E-state index contributed by atoms with van der Waals surface area (Å²) in [5.41, 5.74) is -1.58. The minimum Gasteiger partial charge on any atom is -0.389 e. The molecule has 6 N–H and O–H groups in total.